The molecule has 0 aromatic heterocycles. The summed E-state index contributed by atoms with van der Waals surface area (Å²) in [7, 11) is 0. The van der Waals surface area contributed by atoms with Crippen molar-refractivity contribution in [2.24, 2.45) is 5.41 Å². The van der Waals surface area contributed by atoms with Gasteiger partial charge in [0.25, 0.3) is 0 Å². The topological polar surface area (TPSA) is 74.6 Å². The number of carbonyl (C=O) groups is 2. The first-order valence-corrected chi connectivity index (χ1v) is 6.37. The van der Waals surface area contributed by atoms with Crippen LogP contribution < -0.4 is 0 Å². The molecule has 2 N–H and O–H groups in total. The third-order valence-corrected chi connectivity index (χ3v) is 3.42. The summed E-state index contributed by atoms with van der Waals surface area (Å²) >= 11 is 0. The van der Waals surface area contributed by atoms with Crippen LogP contribution in [0.3, 0.4) is 0 Å². The zero-order valence-electron chi connectivity index (χ0n) is 10.9. The van der Waals surface area contributed by atoms with E-state index in [0.29, 0.717) is 12.8 Å². The van der Waals surface area contributed by atoms with Crippen molar-refractivity contribution in [1.82, 2.24) is 0 Å². The maximum atomic E-state index is 11.0. The highest BCUT2D eigenvalue weighted by atomic mass is 16.4. The summed E-state index contributed by atoms with van der Waals surface area (Å²) in [5, 5.41) is 17.5. The van der Waals surface area contributed by atoms with Gasteiger partial charge in [0.2, 0.25) is 0 Å². The molecule has 0 aromatic rings. The van der Waals surface area contributed by atoms with E-state index < -0.39 is 17.4 Å². The maximum Gasteiger partial charge on any atom is 0.309 e. The second kappa shape index (κ2) is 8.09. The van der Waals surface area contributed by atoms with Crippen molar-refractivity contribution in [2.45, 2.75) is 65.2 Å². The molecule has 0 bridgehead atoms. The summed E-state index contributed by atoms with van der Waals surface area (Å²) in [5.41, 5.74) is -0.596. The van der Waals surface area contributed by atoms with Gasteiger partial charge in [0.15, 0.2) is 0 Å². The summed E-state index contributed by atoms with van der Waals surface area (Å²) < 4.78 is 0. The predicted octanol–water partition coefficient (Wildman–Crippen LogP) is 3.30. The summed E-state index contributed by atoms with van der Waals surface area (Å²) in [5.74, 6) is -1.46. The van der Waals surface area contributed by atoms with Crippen molar-refractivity contribution in [3.05, 3.63) is 0 Å². The quantitative estimate of drug-likeness (QED) is 0.578. The molecule has 0 radical (unpaired) electrons. The van der Waals surface area contributed by atoms with Crippen LogP contribution in [0.2, 0.25) is 0 Å². The van der Waals surface area contributed by atoms with Crippen molar-refractivity contribution < 1.29 is 19.8 Å². The van der Waals surface area contributed by atoms with Gasteiger partial charge < -0.3 is 10.2 Å². The van der Waals surface area contributed by atoms with Crippen molar-refractivity contribution in [1.29, 1.82) is 0 Å². The molecule has 0 amide bonds. The first-order chi connectivity index (χ1) is 7.92. The fourth-order valence-corrected chi connectivity index (χ4v) is 1.76. The molecule has 0 rings (SSSR count). The number of aliphatic carboxylic acids is 2. The highest BCUT2D eigenvalue weighted by Crippen LogP contribution is 2.28. The lowest BCUT2D eigenvalue weighted by Crippen LogP contribution is -2.26. The van der Waals surface area contributed by atoms with E-state index in [2.05, 4.69) is 0 Å². The van der Waals surface area contributed by atoms with Crippen LogP contribution in [0.25, 0.3) is 0 Å². The summed E-state index contributed by atoms with van der Waals surface area (Å²) in [4.78, 5) is 21.3. The van der Waals surface area contributed by atoms with Crippen molar-refractivity contribution >= 4 is 11.9 Å². The van der Waals surface area contributed by atoms with Gasteiger partial charge in [-0.3, -0.25) is 9.59 Å². The molecule has 100 valence electrons. The molecule has 1 unspecified atom stereocenters. The molecule has 0 aliphatic rings. The minimum Gasteiger partial charge on any atom is -0.481 e. The Bertz CT molecular complexity index is 250. The van der Waals surface area contributed by atoms with Gasteiger partial charge in [-0.2, -0.15) is 0 Å². The van der Waals surface area contributed by atoms with Gasteiger partial charge in [-0.05, 0) is 26.2 Å². The lowest BCUT2D eigenvalue weighted by molar-refractivity contribution is -0.148. The minimum atomic E-state index is -0.741. The van der Waals surface area contributed by atoms with Crippen molar-refractivity contribution in [2.75, 3.05) is 0 Å². The third kappa shape index (κ3) is 6.97. The second-order valence-electron chi connectivity index (χ2n) is 4.88. The SMILES string of the molecule is CCC(C)(CCCCCCCC(=O)O)C(=O)O. The molecule has 0 aromatic carbocycles. The van der Waals surface area contributed by atoms with E-state index >= 15 is 0 Å². The Labute approximate surface area is 103 Å². The van der Waals surface area contributed by atoms with Crippen molar-refractivity contribution in [3.8, 4) is 0 Å². The molecule has 1 atom stereocenters. The average Bonchev–Trinajstić information content (AvgIpc) is 2.26. The summed E-state index contributed by atoms with van der Waals surface area (Å²) in [6, 6.07) is 0. The van der Waals surface area contributed by atoms with Crippen LogP contribution >= 0.6 is 0 Å². The molecule has 0 heterocycles. The summed E-state index contributed by atoms with van der Waals surface area (Å²) in [6.07, 6.45) is 6.13. The Kier molecular flexibility index (Phi) is 7.59. The minimum absolute atomic E-state index is 0.238. The van der Waals surface area contributed by atoms with E-state index in [4.69, 9.17) is 10.2 Å². The fourth-order valence-electron chi connectivity index (χ4n) is 1.76. The molecule has 0 saturated carbocycles. The third-order valence-electron chi connectivity index (χ3n) is 3.42. The van der Waals surface area contributed by atoms with E-state index in [1.807, 2.05) is 6.92 Å². The van der Waals surface area contributed by atoms with E-state index in [1.165, 1.54) is 0 Å². The highest BCUT2D eigenvalue weighted by Gasteiger charge is 2.29. The van der Waals surface area contributed by atoms with E-state index in [0.717, 1.165) is 32.1 Å². The lowest BCUT2D eigenvalue weighted by atomic mass is 9.82. The highest BCUT2D eigenvalue weighted by molar-refractivity contribution is 5.73. The zero-order valence-corrected chi connectivity index (χ0v) is 10.9. The smallest absolute Gasteiger partial charge is 0.309 e. The molecule has 0 fully saturated rings. The molecule has 0 aliphatic carbocycles. The number of hydrogen-bond acceptors (Lipinski definition) is 2. The molecule has 0 aliphatic heterocycles. The Morgan fingerprint density at radius 1 is 1.00 bits per heavy atom. The van der Waals surface area contributed by atoms with Gasteiger partial charge in [-0.15, -0.1) is 0 Å². The van der Waals surface area contributed by atoms with Crippen LogP contribution in [0, 0.1) is 5.41 Å². The normalized spacial score (nSPS) is 14.2. The molecule has 4 heteroatoms. The molecule has 0 saturated heterocycles. The van der Waals surface area contributed by atoms with Gasteiger partial charge in [-0.1, -0.05) is 32.6 Å². The predicted molar refractivity (Wildman–Crippen MR) is 66.0 cm³/mol. The van der Waals surface area contributed by atoms with Gasteiger partial charge in [0.1, 0.15) is 0 Å². The number of hydrogen-bond donors (Lipinski definition) is 2. The molecular weight excluding hydrogens is 220 g/mol. The van der Waals surface area contributed by atoms with Crippen molar-refractivity contribution in [3.63, 3.8) is 0 Å². The van der Waals surface area contributed by atoms with Gasteiger partial charge in [0.05, 0.1) is 5.41 Å². The number of rotatable bonds is 10. The van der Waals surface area contributed by atoms with Gasteiger partial charge >= 0.3 is 11.9 Å². The monoisotopic (exact) mass is 244 g/mol. The van der Waals surface area contributed by atoms with Crippen LogP contribution in [0.1, 0.15) is 65.2 Å². The molecule has 17 heavy (non-hydrogen) atoms. The first kappa shape index (κ1) is 15.9. The van der Waals surface area contributed by atoms with Crippen LogP contribution in [-0.2, 0) is 9.59 Å². The van der Waals surface area contributed by atoms with Gasteiger partial charge in [0, 0.05) is 6.42 Å². The Morgan fingerprint density at radius 3 is 2.00 bits per heavy atom. The van der Waals surface area contributed by atoms with Crippen LogP contribution in [-0.4, -0.2) is 22.2 Å². The largest absolute Gasteiger partial charge is 0.481 e. The number of unbranched alkanes of at least 4 members (excludes halogenated alkanes) is 4. The van der Waals surface area contributed by atoms with Crippen LogP contribution in [0.5, 0.6) is 0 Å². The Morgan fingerprint density at radius 2 is 1.53 bits per heavy atom. The molecule has 0 spiro atoms. The number of carboxylic acid groups (broad SMARTS) is 2. The molecular formula is C13H24O4. The fraction of sp³-hybridized carbons (Fsp3) is 0.846. The van der Waals surface area contributed by atoms with Crippen LogP contribution in [0.15, 0.2) is 0 Å². The average molecular weight is 244 g/mol. The Hall–Kier alpha value is -1.06. The van der Waals surface area contributed by atoms with Crippen LogP contribution in [0.4, 0.5) is 0 Å². The summed E-state index contributed by atoms with van der Waals surface area (Å²) in [6.45, 7) is 3.70. The van der Waals surface area contributed by atoms with E-state index in [9.17, 15) is 9.59 Å². The zero-order chi connectivity index (χ0) is 13.3. The maximum absolute atomic E-state index is 11.0. The standard InChI is InChI=1S/C13H24O4/c1-3-13(2,12(16)17)10-8-6-4-5-7-9-11(14)15/h3-10H2,1-2H3,(H,14,15)(H,16,17). The van der Waals surface area contributed by atoms with Gasteiger partial charge in [-0.25, -0.2) is 0 Å². The lowest BCUT2D eigenvalue weighted by Gasteiger charge is -2.22. The number of carboxylic acids is 2. The Balaban J connectivity index is 3.57. The van der Waals surface area contributed by atoms with E-state index in [1.54, 1.807) is 6.92 Å². The first-order valence-electron chi connectivity index (χ1n) is 6.37. The second-order valence-corrected chi connectivity index (χ2v) is 4.88. The van der Waals surface area contributed by atoms with E-state index in [-0.39, 0.29) is 6.42 Å². The molecule has 4 nitrogen and oxygen atoms in total.